The smallest absolute Gasteiger partial charge is 0.339 e. The van der Waals surface area contributed by atoms with Gasteiger partial charge in [0.15, 0.2) is 11.5 Å². The number of aliphatic hydroxyl groups excluding tert-OH is 2. The summed E-state index contributed by atoms with van der Waals surface area (Å²) in [5, 5.41) is 23.4. The van der Waals surface area contributed by atoms with Gasteiger partial charge in [0.25, 0.3) is 0 Å². The van der Waals surface area contributed by atoms with Crippen LogP contribution in [0, 0.1) is 0 Å². The predicted molar refractivity (Wildman–Crippen MR) is 110 cm³/mol. The van der Waals surface area contributed by atoms with E-state index in [1.807, 2.05) is 10.5 Å². The van der Waals surface area contributed by atoms with E-state index in [0.717, 1.165) is 11.3 Å². The number of carbonyl (C=O) groups is 1. The van der Waals surface area contributed by atoms with E-state index in [-0.39, 0.29) is 5.25 Å². The predicted octanol–water partition coefficient (Wildman–Crippen LogP) is 2.29. The van der Waals surface area contributed by atoms with Crippen LogP contribution in [-0.2, 0) is 11.3 Å². The first kappa shape index (κ1) is 20.0. The van der Waals surface area contributed by atoms with Crippen LogP contribution < -0.4 is 5.32 Å². The van der Waals surface area contributed by atoms with Crippen LogP contribution in [-0.4, -0.2) is 55.6 Å². The van der Waals surface area contributed by atoms with Gasteiger partial charge in [0.05, 0.1) is 47.0 Å². The number of hydrogen-bond donors (Lipinski definition) is 3. The zero-order chi connectivity index (χ0) is 20.5. The maximum absolute atomic E-state index is 11.8. The number of nitrogens with zero attached hydrogens (tertiary/aromatic N) is 3. The van der Waals surface area contributed by atoms with E-state index in [9.17, 15) is 15.0 Å². The van der Waals surface area contributed by atoms with Crippen molar-refractivity contribution in [2.75, 3.05) is 18.2 Å². The average molecular weight is 435 g/mol. The Morgan fingerprint density at radius 1 is 1.41 bits per heavy atom. The van der Waals surface area contributed by atoms with Gasteiger partial charge in [-0.25, -0.2) is 14.8 Å². The molecule has 4 rings (SSSR count). The van der Waals surface area contributed by atoms with Gasteiger partial charge in [0.2, 0.25) is 0 Å². The number of carbonyl (C=O) groups excluding carboxylic acids is 1. The van der Waals surface area contributed by atoms with Crippen molar-refractivity contribution in [1.29, 1.82) is 0 Å². The number of aromatic nitrogens is 3. The van der Waals surface area contributed by atoms with E-state index < -0.39 is 18.2 Å². The Kier molecular flexibility index (Phi) is 5.64. The summed E-state index contributed by atoms with van der Waals surface area (Å²) in [6.45, 7) is 0.398. The number of methoxy groups -OCH3 is 1. The molecular weight excluding hydrogens is 416 g/mol. The van der Waals surface area contributed by atoms with Gasteiger partial charge in [0, 0.05) is 24.7 Å². The highest BCUT2D eigenvalue weighted by molar-refractivity contribution is 7.99. The van der Waals surface area contributed by atoms with Crippen molar-refractivity contribution in [1.82, 2.24) is 14.4 Å². The highest BCUT2D eigenvalue weighted by Gasteiger charge is 2.37. The van der Waals surface area contributed by atoms with Crippen molar-refractivity contribution in [3.63, 3.8) is 0 Å². The molecule has 3 N–H and O–H groups in total. The second-order valence-electron chi connectivity index (χ2n) is 6.62. The van der Waals surface area contributed by atoms with Crippen molar-refractivity contribution in [3.8, 4) is 0 Å². The quantitative estimate of drug-likeness (QED) is 0.525. The molecule has 2 aromatic heterocycles. The number of fused-ring (bicyclic) bond motifs is 1. The molecule has 0 radical (unpaired) electrons. The minimum Gasteiger partial charge on any atom is -0.465 e. The summed E-state index contributed by atoms with van der Waals surface area (Å²) in [7, 11) is 1.31. The van der Waals surface area contributed by atoms with Crippen LogP contribution in [0.3, 0.4) is 0 Å². The second kappa shape index (κ2) is 8.19. The number of ether oxygens (including phenoxy) is 1. The van der Waals surface area contributed by atoms with Gasteiger partial charge in [-0.2, -0.15) is 0 Å². The Bertz CT molecular complexity index is 1060. The maximum Gasteiger partial charge on any atom is 0.339 e. The zero-order valence-electron chi connectivity index (χ0n) is 15.4. The van der Waals surface area contributed by atoms with Crippen molar-refractivity contribution in [3.05, 3.63) is 58.6 Å². The van der Waals surface area contributed by atoms with E-state index >= 15 is 0 Å². The molecule has 0 aliphatic carbocycles. The van der Waals surface area contributed by atoms with Crippen LogP contribution in [0.4, 0.5) is 5.82 Å². The van der Waals surface area contributed by atoms with Crippen molar-refractivity contribution in [2.24, 2.45) is 0 Å². The standard InChI is InChI=1S/C19H19ClN4O4S/c1-28-19(27)11-6-10(2-3-12(11)20)7-22-17-18-23-8-13(24(18)5-4-21-17)16-15(26)14(25)9-29-16/h2-6,8,14-16,25-26H,7,9H2,1H3,(H,21,22)/t14-,15-,16+/m1/s1. The fourth-order valence-electron chi connectivity index (χ4n) is 3.27. The van der Waals surface area contributed by atoms with Crippen LogP contribution >= 0.6 is 23.4 Å². The summed E-state index contributed by atoms with van der Waals surface area (Å²) in [6.07, 6.45) is 3.53. The molecule has 3 aromatic rings. The highest BCUT2D eigenvalue weighted by Crippen LogP contribution is 2.40. The van der Waals surface area contributed by atoms with Crippen LogP contribution in [0.1, 0.15) is 26.9 Å². The van der Waals surface area contributed by atoms with E-state index in [4.69, 9.17) is 16.3 Å². The lowest BCUT2D eigenvalue weighted by Crippen LogP contribution is -2.25. The van der Waals surface area contributed by atoms with Crippen molar-refractivity contribution in [2.45, 2.75) is 24.0 Å². The monoisotopic (exact) mass is 434 g/mol. The summed E-state index contributed by atoms with van der Waals surface area (Å²) in [6, 6.07) is 5.13. The topological polar surface area (TPSA) is 109 Å². The van der Waals surface area contributed by atoms with Crippen LogP contribution in [0.25, 0.3) is 5.65 Å². The van der Waals surface area contributed by atoms with E-state index in [2.05, 4.69) is 15.3 Å². The van der Waals surface area contributed by atoms with Crippen LogP contribution in [0.2, 0.25) is 5.02 Å². The Hall–Kier alpha value is -2.33. The van der Waals surface area contributed by atoms with Gasteiger partial charge in [-0.3, -0.25) is 4.40 Å². The van der Waals surface area contributed by atoms with Crippen LogP contribution in [0.15, 0.2) is 36.8 Å². The fraction of sp³-hybridized carbons (Fsp3) is 0.316. The Labute approximate surface area is 175 Å². The Morgan fingerprint density at radius 3 is 2.97 bits per heavy atom. The molecule has 10 heteroatoms. The summed E-state index contributed by atoms with van der Waals surface area (Å²) in [5.41, 5.74) is 2.54. The number of rotatable bonds is 5. The lowest BCUT2D eigenvalue weighted by molar-refractivity contribution is 0.0411. The van der Waals surface area contributed by atoms with Gasteiger partial charge >= 0.3 is 5.97 Å². The summed E-state index contributed by atoms with van der Waals surface area (Å²) >= 11 is 7.56. The number of imidazole rings is 1. The molecule has 29 heavy (non-hydrogen) atoms. The second-order valence-corrected chi connectivity index (χ2v) is 8.21. The summed E-state index contributed by atoms with van der Waals surface area (Å²) in [5.74, 6) is 0.546. The van der Waals surface area contributed by atoms with Crippen molar-refractivity contribution < 1.29 is 19.7 Å². The Balaban J connectivity index is 1.58. The van der Waals surface area contributed by atoms with Gasteiger partial charge in [-0.05, 0) is 17.7 Å². The number of esters is 1. The lowest BCUT2D eigenvalue weighted by Gasteiger charge is -2.15. The third-order valence-electron chi connectivity index (χ3n) is 4.80. The zero-order valence-corrected chi connectivity index (χ0v) is 17.0. The van der Waals surface area contributed by atoms with Gasteiger partial charge in [-0.15, -0.1) is 11.8 Å². The number of aliphatic hydroxyl groups is 2. The number of nitrogens with one attached hydrogen (secondary N) is 1. The molecule has 1 aliphatic rings. The molecule has 1 aromatic carbocycles. The molecule has 1 fully saturated rings. The number of thioether (sulfide) groups is 1. The minimum atomic E-state index is -0.838. The van der Waals surface area contributed by atoms with Gasteiger partial charge in [-0.1, -0.05) is 17.7 Å². The largest absolute Gasteiger partial charge is 0.465 e. The third-order valence-corrected chi connectivity index (χ3v) is 6.54. The summed E-state index contributed by atoms with van der Waals surface area (Å²) in [4.78, 5) is 20.6. The normalized spacial score (nSPS) is 21.4. The lowest BCUT2D eigenvalue weighted by atomic mass is 10.1. The first-order valence-corrected chi connectivity index (χ1v) is 10.3. The fourth-order valence-corrected chi connectivity index (χ4v) is 4.79. The molecule has 152 valence electrons. The molecule has 8 nitrogen and oxygen atoms in total. The average Bonchev–Trinajstić information content (AvgIpc) is 3.30. The molecule has 0 bridgehead atoms. The van der Waals surface area contributed by atoms with Crippen molar-refractivity contribution >= 4 is 40.8 Å². The number of benzene rings is 1. The molecule has 3 atom stereocenters. The SMILES string of the molecule is COC(=O)c1cc(CNc2nccn3c([C@@H]4SC[C@@H](O)[C@H]4O)cnc23)ccc1Cl. The molecule has 0 saturated carbocycles. The molecule has 0 amide bonds. The maximum atomic E-state index is 11.8. The first-order chi connectivity index (χ1) is 14.0. The molecule has 1 saturated heterocycles. The molecule has 0 spiro atoms. The summed E-state index contributed by atoms with van der Waals surface area (Å²) < 4.78 is 6.61. The molecule has 3 heterocycles. The Morgan fingerprint density at radius 2 is 2.24 bits per heavy atom. The van der Waals surface area contributed by atoms with E-state index in [1.165, 1.54) is 18.9 Å². The molecule has 0 unspecified atom stereocenters. The molecule has 1 aliphatic heterocycles. The number of hydrogen-bond acceptors (Lipinski definition) is 8. The molecular formula is C19H19ClN4O4S. The number of anilines is 1. The first-order valence-electron chi connectivity index (χ1n) is 8.90. The van der Waals surface area contributed by atoms with Crippen LogP contribution in [0.5, 0.6) is 0 Å². The van der Waals surface area contributed by atoms with Gasteiger partial charge in [0.1, 0.15) is 0 Å². The minimum absolute atomic E-state index is 0.255. The van der Waals surface area contributed by atoms with E-state index in [1.54, 1.807) is 30.7 Å². The van der Waals surface area contributed by atoms with Gasteiger partial charge < -0.3 is 20.3 Å². The number of halogens is 1. The highest BCUT2D eigenvalue weighted by atomic mass is 35.5. The van der Waals surface area contributed by atoms with E-state index in [0.29, 0.717) is 34.3 Å². The third kappa shape index (κ3) is 3.78.